The van der Waals surface area contributed by atoms with Gasteiger partial charge in [0.25, 0.3) is 0 Å². The van der Waals surface area contributed by atoms with Crippen molar-refractivity contribution in [2.24, 2.45) is 11.7 Å². The highest BCUT2D eigenvalue weighted by molar-refractivity contribution is 5.95. The topological polar surface area (TPSA) is 61.9 Å². The number of amidine groups is 1. The Morgan fingerprint density at radius 2 is 2.06 bits per heavy atom. The minimum absolute atomic E-state index is 0.111. The summed E-state index contributed by atoms with van der Waals surface area (Å²) < 4.78 is 0. The van der Waals surface area contributed by atoms with Crippen LogP contribution >= 0.6 is 0 Å². The number of anilines is 1. The van der Waals surface area contributed by atoms with Gasteiger partial charge >= 0.3 is 0 Å². The Labute approximate surface area is 97.6 Å². The molecule has 1 aromatic rings. The highest BCUT2D eigenvalue weighted by Crippen LogP contribution is 2.14. The van der Waals surface area contributed by atoms with Crippen molar-refractivity contribution in [1.82, 2.24) is 0 Å². The Bertz CT molecular complexity index is 358. The fourth-order valence-corrected chi connectivity index (χ4v) is 1.83. The van der Waals surface area contributed by atoms with Gasteiger partial charge in [-0.15, -0.1) is 0 Å². The highest BCUT2D eigenvalue weighted by Gasteiger charge is 2.05. The van der Waals surface area contributed by atoms with Crippen LogP contribution in [0.25, 0.3) is 0 Å². The number of hydrogen-bond donors (Lipinski definition) is 3. The van der Waals surface area contributed by atoms with Crippen molar-refractivity contribution >= 4 is 11.5 Å². The summed E-state index contributed by atoms with van der Waals surface area (Å²) in [6.45, 7) is 6.59. The molecular weight excluding hydrogens is 198 g/mol. The molecule has 1 rings (SSSR count). The highest BCUT2D eigenvalue weighted by atomic mass is 14.9. The molecular formula is C13H21N3. The molecule has 4 N–H and O–H groups in total. The molecule has 0 amide bonds. The van der Waals surface area contributed by atoms with Crippen LogP contribution in [-0.4, -0.2) is 11.9 Å². The van der Waals surface area contributed by atoms with Gasteiger partial charge in [0.2, 0.25) is 0 Å². The quantitative estimate of drug-likeness (QED) is 0.526. The molecule has 0 spiro atoms. The van der Waals surface area contributed by atoms with Crippen LogP contribution in [0.15, 0.2) is 24.3 Å². The maximum absolute atomic E-state index is 7.38. The van der Waals surface area contributed by atoms with Crippen LogP contribution in [0.3, 0.4) is 0 Å². The van der Waals surface area contributed by atoms with Gasteiger partial charge in [-0.1, -0.05) is 26.0 Å². The number of nitrogens with two attached hydrogens (primary N) is 1. The van der Waals surface area contributed by atoms with Gasteiger partial charge < -0.3 is 11.1 Å². The van der Waals surface area contributed by atoms with Crippen LogP contribution in [0.5, 0.6) is 0 Å². The summed E-state index contributed by atoms with van der Waals surface area (Å²) in [6, 6.07) is 8.12. The van der Waals surface area contributed by atoms with Crippen molar-refractivity contribution in [2.45, 2.75) is 33.2 Å². The standard InChI is InChI=1S/C13H21N3/c1-9(2)7-10(3)16-12-6-4-5-11(8-12)13(14)15/h4-6,8-10,16H,7H2,1-3H3,(H3,14,15)/t10-/m0/s1. The van der Waals surface area contributed by atoms with Crippen LogP contribution in [0.2, 0.25) is 0 Å². The lowest BCUT2D eigenvalue weighted by atomic mass is 10.0. The number of benzene rings is 1. The van der Waals surface area contributed by atoms with E-state index < -0.39 is 0 Å². The number of hydrogen-bond acceptors (Lipinski definition) is 2. The molecule has 1 aromatic carbocycles. The maximum Gasteiger partial charge on any atom is 0.122 e. The molecule has 0 aliphatic heterocycles. The zero-order valence-electron chi connectivity index (χ0n) is 10.2. The smallest absolute Gasteiger partial charge is 0.122 e. The summed E-state index contributed by atoms with van der Waals surface area (Å²) in [7, 11) is 0. The Kier molecular flexibility index (Phi) is 4.35. The third-order valence-electron chi connectivity index (χ3n) is 2.41. The van der Waals surface area contributed by atoms with Gasteiger partial charge in [0.1, 0.15) is 5.84 Å². The Morgan fingerprint density at radius 3 is 2.62 bits per heavy atom. The maximum atomic E-state index is 7.38. The first-order chi connectivity index (χ1) is 7.49. The van der Waals surface area contributed by atoms with Gasteiger partial charge in [0.05, 0.1) is 0 Å². The summed E-state index contributed by atoms with van der Waals surface area (Å²) >= 11 is 0. The Balaban J connectivity index is 2.66. The van der Waals surface area contributed by atoms with Crippen LogP contribution in [0, 0.1) is 11.3 Å². The van der Waals surface area contributed by atoms with E-state index in [9.17, 15) is 0 Å². The van der Waals surface area contributed by atoms with Crippen molar-refractivity contribution in [3.05, 3.63) is 29.8 Å². The van der Waals surface area contributed by atoms with Crippen molar-refractivity contribution in [2.75, 3.05) is 5.32 Å². The number of nitrogens with one attached hydrogen (secondary N) is 2. The van der Waals surface area contributed by atoms with Crippen LogP contribution in [0.4, 0.5) is 5.69 Å². The molecule has 0 aliphatic rings. The van der Waals surface area contributed by atoms with Crippen LogP contribution in [-0.2, 0) is 0 Å². The fourth-order valence-electron chi connectivity index (χ4n) is 1.83. The third-order valence-corrected chi connectivity index (χ3v) is 2.41. The third kappa shape index (κ3) is 3.93. The van der Waals surface area contributed by atoms with Crippen molar-refractivity contribution < 1.29 is 0 Å². The average molecular weight is 219 g/mol. The first-order valence-corrected chi connectivity index (χ1v) is 5.70. The monoisotopic (exact) mass is 219 g/mol. The minimum Gasteiger partial charge on any atom is -0.384 e. The molecule has 0 saturated carbocycles. The van der Waals surface area contributed by atoms with Crippen LogP contribution in [0.1, 0.15) is 32.8 Å². The van der Waals surface area contributed by atoms with E-state index in [1.165, 1.54) is 0 Å². The SMILES string of the molecule is CC(C)C[C@H](C)Nc1cccc(C(=N)N)c1. The van der Waals surface area contributed by atoms with Gasteiger partial charge in [0.15, 0.2) is 0 Å². The van der Waals surface area contributed by atoms with E-state index >= 15 is 0 Å². The van der Waals surface area contributed by atoms with E-state index in [1.54, 1.807) is 0 Å². The van der Waals surface area contributed by atoms with Gasteiger partial charge in [-0.3, -0.25) is 5.41 Å². The van der Waals surface area contributed by atoms with Crippen molar-refractivity contribution in [3.63, 3.8) is 0 Å². The zero-order valence-corrected chi connectivity index (χ0v) is 10.2. The van der Waals surface area contributed by atoms with Gasteiger partial charge in [-0.05, 0) is 31.4 Å². The normalized spacial score (nSPS) is 12.5. The van der Waals surface area contributed by atoms with E-state index in [0.29, 0.717) is 12.0 Å². The summed E-state index contributed by atoms with van der Waals surface area (Å²) in [4.78, 5) is 0. The predicted molar refractivity (Wildman–Crippen MR) is 70.0 cm³/mol. The second kappa shape index (κ2) is 5.54. The van der Waals surface area contributed by atoms with E-state index in [-0.39, 0.29) is 5.84 Å². The first kappa shape index (κ1) is 12.6. The molecule has 3 nitrogen and oxygen atoms in total. The van der Waals surface area contributed by atoms with E-state index in [4.69, 9.17) is 11.1 Å². The fraction of sp³-hybridized carbons (Fsp3) is 0.462. The first-order valence-electron chi connectivity index (χ1n) is 5.70. The molecule has 0 bridgehead atoms. The Morgan fingerprint density at radius 1 is 1.38 bits per heavy atom. The van der Waals surface area contributed by atoms with Gasteiger partial charge in [-0.2, -0.15) is 0 Å². The zero-order chi connectivity index (χ0) is 12.1. The lowest BCUT2D eigenvalue weighted by Gasteiger charge is -2.17. The summed E-state index contributed by atoms with van der Waals surface area (Å²) in [5.74, 6) is 0.790. The molecule has 3 heteroatoms. The minimum atomic E-state index is 0.111. The van der Waals surface area contributed by atoms with Crippen LogP contribution < -0.4 is 11.1 Å². The molecule has 0 unspecified atom stereocenters. The van der Waals surface area contributed by atoms with Crippen molar-refractivity contribution in [3.8, 4) is 0 Å². The molecule has 0 saturated heterocycles. The second-order valence-electron chi connectivity index (χ2n) is 4.67. The molecule has 0 radical (unpaired) electrons. The van der Waals surface area contributed by atoms with Crippen molar-refractivity contribution in [1.29, 1.82) is 5.41 Å². The summed E-state index contributed by atoms with van der Waals surface area (Å²) in [5.41, 5.74) is 7.24. The largest absolute Gasteiger partial charge is 0.384 e. The lowest BCUT2D eigenvalue weighted by molar-refractivity contribution is 0.540. The average Bonchev–Trinajstić information content (AvgIpc) is 2.16. The molecule has 1 atom stereocenters. The van der Waals surface area contributed by atoms with E-state index in [2.05, 4.69) is 26.1 Å². The number of nitrogen functional groups attached to an aromatic ring is 1. The second-order valence-corrected chi connectivity index (χ2v) is 4.67. The predicted octanol–water partition coefficient (Wildman–Crippen LogP) is 2.82. The van der Waals surface area contributed by atoms with E-state index in [1.807, 2.05) is 24.3 Å². The molecule has 16 heavy (non-hydrogen) atoms. The molecule has 0 aromatic heterocycles. The molecule has 0 fully saturated rings. The lowest BCUT2D eigenvalue weighted by Crippen LogP contribution is -2.18. The molecule has 88 valence electrons. The van der Waals surface area contributed by atoms with Gasteiger partial charge in [-0.25, -0.2) is 0 Å². The molecule has 0 heterocycles. The summed E-state index contributed by atoms with van der Waals surface area (Å²) in [5, 5.41) is 10.8. The molecule has 0 aliphatic carbocycles. The summed E-state index contributed by atoms with van der Waals surface area (Å²) in [6.07, 6.45) is 1.13. The van der Waals surface area contributed by atoms with Gasteiger partial charge in [0, 0.05) is 17.3 Å². The van der Waals surface area contributed by atoms with E-state index in [0.717, 1.165) is 17.7 Å². The Hall–Kier alpha value is -1.51. The number of rotatable bonds is 5.